The first kappa shape index (κ1) is 21.1. The number of amides is 1. The van der Waals surface area contributed by atoms with E-state index in [2.05, 4.69) is 34.6 Å². The van der Waals surface area contributed by atoms with Crippen molar-refractivity contribution in [3.63, 3.8) is 0 Å². The Labute approximate surface area is 184 Å². The fourth-order valence-corrected chi connectivity index (χ4v) is 5.04. The normalized spacial score (nSPS) is 13.5. The number of fused-ring (bicyclic) bond motifs is 3. The van der Waals surface area contributed by atoms with E-state index in [0.29, 0.717) is 4.88 Å². The quantitative estimate of drug-likeness (QED) is 0.498. The number of nitrogens with zero attached hydrogens (tertiary/aromatic N) is 1. The molecule has 7 heteroatoms. The maximum Gasteiger partial charge on any atom is 0.413 e. The number of carboxylic acid groups (broad SMARTS) is 1. The molecule has 0 saturated carbocycles. The Hall–Kier alpha value is -3.19. The number of rotatable bonds is 6. The van der Waals surface area contributed by atoms with Crippen LogP contribution < -0.4 is 5.32 Å². The van der Waals surface area contributed by atoms with Gasteiger partial charge >= 0.3 is 12.1 Å². The standard InChI is InChI=1S/C24H24N2O4S/c1-13(2)14(3)21-20(22(27)28)25-23(31-21)26-24(29)30-12-19-17-10-6-4-8-15(17)16-9-5-7-11-18(16)19/h4-11,13-14,19H,12H2,1-3H3,(H,27,28)(H,25,26,29). The summed E-state index contributed by atoms with van der Waals surface area (Å²) in [5.41, 5.74) is 4.56. The van der Waals surface area contributed by atoms with Gasteiger partial charge in [0.2, 0.25) is 0 Å². The van der Waals surface area contributed by atoms with Gasteiger partial charge in [-0.25, -0.2) is 14.6 Å². The number of carboxylic acids is 1. The van der Waals surface area contributed by atoms with E-state index in [-0.39, 0.29) is 35.2 Å². The number of carbonyl (C=O) groups excluding carboxylic acids is 1. The van der Waals surface area contributed by atoms with Crippen molar-refractivity contribution in [1.29, 1.82) is 0 Å². The number of hydrogen-bond donors (Lipinski definition) is 2. The molecule has 2 aromatic carbocycles. The molecule has 0 bridgehead atoms. The maximum atomic E-state index is 12.5. The third-order valence-corrected chi connectivity index (χ3v) is 6.99. The number of benzene rings is 2. The minimum Gasteiger partial charge on any atom is -0.476 e. The van der Waals surface area contributed by atoms with Crippen LogP contribution in [-0.4, -0.2) is 28.8 Å². The molecular weight excluding hydrogens is 412 g/mol. The number of nitrogens with one attached hydrogen (secondary N) is 1. The molecule has 1 unspecified atom stereocenters. The molecule has 0 aliphatic heterocycles. The third-order valence-electron chi connectivity index (χ3n) is 5.82. The van der Waals surface area contributed by atoms with Gasteiger partial charge < -0.3 is 9.84 Å². The van der Waals surface area contributed by atoms with E-state index >= 15 is 0 Å². The molecule has 0 fully saturated rings. The molecule has 3 aromatic rings. The van der Waals surface area contributed by atoms with Crippen LogP contribution in [0.4, 0.5) is 9.93 Å². The van der Waals surface area contributed by atoms with Crippen LogP contribution in [0.3, 0.4) is 0 Å². The van der Waals surface area contributed by atoms with E-state index in [1.54, 1.807) is 0 Å². The summed E-state index contributed by atoms with van der Waals surface area (Å²) in [6.45, 7) is 6.19. The van der Waals surface area contributed by atoms with E-state index in [1.165, 1.54) is 11.3 Å². The Morgan fingerprint density at radius 3 is 2.19 bits per heavy atom. The minimum absolute atomic E-state index is 0.0138. The molecule has 1 atom stereocenters. The average Bonchev–Trinajstić information content (AvgIpc) is 3.31. The van der Waals surface area contributed by atoms with E-state index in [4.69, 9.17) is 4.74 Å². The number of carbonyl (C=O) groups is 2. The second kappa shape index (κ2) is 8.51. The van der Waals surface area contributed by atoms with Crippen molar-refractivity contribution in [2.45, 2.75) is 32.6 Å². The lowest BCUT2D eigenvalue weighted by atomic mass is 9.95. The zero-order valence-corrected chi connectivity index (χ0v) is 18.4. The lowest BCUT2D eigenvalue weighted by Crippen LogP contribution is -2.18. The first-order valence-electron chi connectivity index (χ1n) is 10.2. The molecule has 2 N–H and O–H groups in total. The first-order chi connectivity index (χ1) is 14.9. The van der Waals surface area contributed by atoms with Gasteiger partial charge in [-0.1, -0.05) is 69.3 Å². The van der Waals surface area contributed by atoms with Crippen LogP contribution in [0, 0.1) is 5.92 Å². The summed E-state index contributed by atoms with van der Waals surface area (Å²) in [5.74, 6) is -0.873. The van der Waals surface area contributed by atoms with Gasteiger partial charge in [0.25, 0.3) is 0 Å². The van der Waals surface area contributed by atoms with E-state index in [0.717, 1.165) is 22.3 Å². The SMILES string of the molecule is CC(C)C(C)c1sc(NC(=O)OCC2c3ccccc3-c3ccccc32)nc1C(=O)O. The van der Waals surface area contributed by atoms with E-state index in [1.807, 2.05) is 45.0 Å². The molecule has 1 aliphatic rings. The monoisotopic (exact) mass is 436 g/mol. The summed E-state index contributed by atoms with van der Waals surface area (Å²) >= 11 is 1.18. The lowest BCUT2D eigenvalue weighted by Gasteiger charge is -2.14. The molecule has 1 aromatic heterocycles. The fourth-order valence-electron chi connectivity index (χ4n) is 3.87. The maximum absolute atomic E-state index is 12.5. The van der Waals surface area contributed by atoms with E-state index in [9.17, 15) is 14.7 Å². The molecular formula is C24H24N2O4S. The van der Waals surface area contributed by atoms with Crippen molar-refractivity contribution in [3.05, 3.63) is 70.2 Å². The number of anilines is 1. The highest BCUT2D eigenvalue weighted by Gasteiger charge is 2.29. The zero-order chi connectivity index (χ0) is 22.1. The summed E-state index contributed by atoms with van der Waals surface area (Å²) in [5, 5.41) is 12.3. The number of hydrogen-bond acceptors (Lipinski definition) is 5. The summed E-state index contributed by atoms with van der Waals surface area (Å²) < 4.78 is 5.53. The third kappa shape index (κ3) is 4.05. The van der Waals surface area contributed by atoms with Crippen LogP contribution in [0.25, 0.3) is 11.1 Å². The van der Waals surface area contributed by atoms with Gasteiger partial charge in [0.05, 0.1) is 0 Å². The summed E-state index contributed by atoms with van der Waals surface area (Å²) in [7, 11) is 0. The number of aromatic carboxylic acids is 1. The smallest absolute Gasteiger partial charge is 0.413 e. The minimum atomic E-state index is -1.10. The summed E-state index contributed by atoms with van der Waals surface area (Å²) in [6, 6.07) is 16.2. The number of aromatic nitrogens is 1. The van der Waals surface area contributed by atoms with Crippen molar-refractivity contribution in [2.75, 3.05) is 11.9 Å². The Kier molecular flexibility index (Phi) is 5.78. The Bertz CT molecular complexity index is 1090. The van der Waals surface area contributed by atoms with Crippen molar-refractivity contribution in [2.24, 2.45) is 5.92 Å². The van der Waals surface area contributed by atoms with Crippen molar-refractivity contribution < 1.29 is 19.4 Å². The number of ether oxygens (including phenoxy) is 1. The Morgan fingerprint density at radius 1 is 1.06 bits per heavy atom. The molecule has 1 aliphatic carbocycles. The predicted octanol–water partition coefficient (Wildman–Crippen LogP) is 5.96. The predicted molar refractivity (Wildman–Crippen MR) is 121 cm³/mol. The van der Waals surface area contributed by atoms with Crippen LogP contribution in [0.1, 0.15) is 59.1 Å². The number of thiazole rings is 1. The molecule has 1 amide bonds. The highest BCUT2D eigenvalue weighted by molar-refractivity contribution is 7.16. The van der Waals surface area contributed by atoms with E-state index < -0.39 is 12.1 Å². The molecule has 0 saturated heterocycles. The van der Waals surface area contributed by atoms with Crippen LogP contribution >= 0.6 is 11.3 Å². The highest BCUT2D eigenvalue weighted by Crippen LogP contribution is 2.44. The van der Waals surface area contributed by atoms with Crippen LogP contribution in [0.15, 0.2) is 48.5 Å². The largest absolute Gasteiger partial charge is 0.476 e. The second-order valence-corrected chi connectivity index (χ2v) is 9.05. The van der Waals surface area contributed by atoms with Crippen molar-refractivity contribution >= 4 is 28.5 Å². The van der Waals surface area contributed by atoms with Gasteiger partial charge in [0.1, 0.15) is 6.61 Å². The van der Waals surface area contributed by atoms with Crippen molar-refractivity contribution in [3.8, 4) is 11.1 Å². The lowest BCUT2D eigenvalue weighted by molar-refractivity contribution is 0.0689. The summed E-state index contributed by atoms with van der Waals surface area (Å²) in [6.07, 6.45) is -0.642. The van der Waals surface area contributed by atoms with Gasteiger partial charge in [-0.15, -0.1) is 11.3 Å². The zero-order valence-electron chi connectivity index (χ0n) is 17.6. The summed E-state index contributed by atoms with van der Waals surface area (Å²) in [4.78, 5) is 28.8. The molecule has 31 heavy (non-hydrogen) atoms. The fraction of sp³-hybridized carbons (Fsp3) is 0.292. The molecule has 4 rings (SSSR count). The van der Waals surface area contributed by atoms with Gasteiger partial charge in [0.15, 0.2) is 10.8 Å². The molecule has 160 valence electrons. The molecule has 0 spiro atoms. The first-order valence-corrected chi connectivity index (χ1v) is 11.0. The van der Waals surface area contributed by atoms with Crippen LogP contribution in [-0.2, 0) is 4.74 Å². The molecule has 6 nitrogen and oxygen atoms in total. The second-order valence-electron chi connectivity index (χ2n) is 8.02. The van der Waals surface area contributed by atoms with Gasteiger partial charge in [-0.2, -0.15) is 0 Å². The Balaban J connectivity index is 1.48. The van der Waals surface area contributed by atoms with Gasteiger partial charge in [-0.3, -0.25) is 5.32 Å². The van der Waals surface area contributed by atoms with Gasteiger partial charge in [0, 0.05) is 10.8 Å². The van der Waals surface area contributed by atoms with Crippen LogP contribution in [0.2, 0.25) is 0 Å². The topological polar surface area (TPSA) is 88.5 Å². The molecule has 0 radical (unpaired) electrons. The highest BCUT2D eigenvalue weighted by atomic mass is 32.1. The molecule has 1 heterocycles. The van der Waals surface area contributed by atoms with Crippen molar-refractivity contribution in [1.82, 2.24) is 4.98 Å². The van der Waals surface area contributed by atoms with Crippen LogP contribution in [0.5, 0.6) is 0 Å². The Morgan fingerprint density at radius 2 is 1.65 bits per heavy atom. The van der Waals surface area contributed by atoms with Gasteiger partial charge in [-0.05, 0) is 34.1 Å². The average molecular weight is 437 g/mol.